The highest BCUT2D eigenvalue weighted by Gasteiger charge is 2.44. The number of unbranched alkanes of at least 4 members (excludes halogenated alkanes) is 25. The molecule has 1 fully saturated rings. The van der Waals surface area contributed by atoms with Gasteiger partial charge in [0, 0.05) is 6.42 Å². The van der Waals surface area contributed by atoms with Crippen LogP contribution >= 0.6 is 0 Å². The van der Waals surface area contributed by atoms with Crippen molar-refractivity contribution in [1.29, 1.82) is 0 Å². The zero-order valence-electron chi connectivity index (χ0n) is 47.8. The van der Waals surface area contributed by atoms with Crippen LogP contribution in [-0.2, 0) is 14.3 Å². The molecule has 7 atom stereocenters. The van der Waals surface area contributed by atoms with Crippen molar-refractivity contribution in [2.24, 2.45) is 0 Å². The number of carbonyl (C=O) groups is 1. The van der Waals surface area contributed by atoms with Crippen molar-refractivity contribution in [3.05, 3.63) is 109 Å². The Hall–Kier alpha value is -3.15. The van der Waals surface area contributed by atoms with Crippen molar-refractivity contribution in [1.82, 2.24) is 5.32 Å². The van der Waals surface area contributed by atoms with Crippen LogP contribution < -0.4 is 5.32 Å². The van der Waals surface area contributed by atoms with Crippen LogP contribution in [-0.4, -0.2) is 87.5 Å². The third-order valence-electron chi connectivity index (χ3n) is 13.8. The van der Waals surface area contributed by atoms with Gasteiger partial charge in [0.05, 0.1) is 25.4 Å². The molecule has 9 heteroatoms. The lowest BCUT2D eigenvalue weighted by Crippen LogP contribution is -2.60. The topological polar surface area (TPSA) is 149 Å². The zero-order chi connectivity index (χ0) is 54.3. The molecular weight excluding hydrogens is 935 g/mol. The Morgan fingerprint density at radius 1 is 0.467 bits per heavy atom. The molecule has 0 bridgehead atoms. The smallest absolute Gasteiger partial charge is 0.220 e. The van der Waals surface area contributed by atoms with E-state index in [0.29, 0.717) is 6.42 Å². The number of ether oxygens (including phenoxy) is 2. The molecule has 0 aliphatic carbocycles. The Bertz CT molecular complexity index is 1540. The van der Waals surface area contributed by atoms with Gasteiger partial charge in [-0.25, -0.2) is 0 Å². The highest BCUT2D eigenvalue weighted by Crippen LogP contribution is 2.23. The number of nitrogens with one attached hydrogen (secondary N) is 1. The molecule has 9 nitrogen and oxygen atoms in total. The predicted molar refractivity (Wildman–Crippen MR) is 317 cm³/mol. The Morgan fingerprint density at radius 3 is 1.28 bits per heavy atom. The average Bonchev–Trinajstić information content (AvgIpc) is 3.41. The minimum absolute atomic E-state index is 0.208. The summed E-state index contributed by atoms with van der Waals surface area (Å²) in [4.78, 5) is 13.1. The fourth-order valence-corrected chi connectivity index (χ4v) is 9.04. The maximum atomic E-state index is 13.1. The molecule has 1 saturated heterocycles. The molecule has 0 radical (unpaired) electrons. The monoisotopic (exact) mass is 1050 g/mol. The summed E-state index contributed by atoms with van der Waals surface area (Å²) in [6, 6.07) is -0.842. The molecule has 1 amide bonds. The van der Waals surface area contributed by atoms with Gasteiger partial charge < -0.3 is 40.3 Å². The first-order valence-electron chi connectivity index (χ1n) is 30.6. The quantitative estimate of drug-likeness (QED) is 0.0261. The van der Waals surface area contributed by atoms with Crippen LogP contribution in [0.25, 0.3) is 0 Å². The summed E-state index contributed by atoms with van der Waals surface area (Å²) in [5.74, 6) is -0.208. The van der Waals surface area contributed by atoms with Gasteiger partial charge in [0.15, 0.2) is 6.29 Å². The molecule has 0 spiro atoms. The van der Waals surface area contributed by atoms with Crippen molar-refractivity contribution < 1.29 is 39.8 Å². The summed E-state index contributed by atoms with van der Waals surface area (Å²) in [5.41, 5.74) is 0. The molecule has 0 aromatic heterocycles. The van der Waals surface area contributed by atoms with Crippen LogP contribution in [0.1, 0.15) is 245 Å². The molecule has 0 aromatic carbocycles. The van der Waals surface area contributed by atoms with Gasteiger partial charge in [-0.2, -0.15) is 0 Å². The minimum Gasteiger partial charge on any atom is -0.394 e. The highest BCUT2D eigenvalue weighted by atomic mass is 16.7. The van der Waals surface area contributed by atoms with Gasteiger partial charge in [0.2, 0.25) is 5.91 Å². The largest absolute Gasteiger partial charge is 0.394 e. The van der Waals surface area contributed by atoms with Crippen LogP contribution in [0.2, 0.25) is 0 Å². The Kier molecular flexibility index (Phi) is 50.5. The maximum absolute atomic E-state index is 13.1. The Balaban J connectivity index is 2.27. The first-order chi connectivity index (χ1) is 36.8. The summed E-state index contributed by atoms with van der Waals surface area (Å²) in [6.07, 6.45) is 73.0. The van der Waals surface area contributed by atoms with Gasteiger partial charge in [-0.1, -0.05) is 258 Å². The number of aliphatic hydroxyl groups excluding tert-OH is 5. The predicted octanol–water partition coefficient (Wildman–Crippen LogP) is 15.7. The average molecular weight is 1050 g/mol. The third kappa shape index (κ3) is 43.5. The zero-order valence-corrected chi connectivity index (χ0v) is 47.8. The number of hydrogen-bond acceptors (Lipinski definition) is 8. The van der Waals surface area contributed by atoms with Crippen LogP contribution in [0.3, 0.4) is 0 Å². The number of hydrogen-bond donors (Lipinski definition) is 6. The maximum Gasteiger partial charge on any atom is 0.220 e. The lowest BCUT2D eigenvalue weighted by atomic mass is 9.99. The number of carbonyl (C=O) groups excluding carboxylic acids is 1. The van der Waals surface area contributed by atoms with E-state index in [2.05, 4.69) is 116 Å². The third-order valence-corrected chi connectivity index (χ3v) is 13.8. The second-order valence-corrected chi connectivity index (χ2v) is 20.8. The van der Waals surface area contributed by atoms with E-state index in [1.54, 1.807) is 6.08 Å². The van der Waals surface area contributed by atoms with E-state index < -0.39 is 49.5 Å². The first kappa shape index (κ1) is 69.9. The minimum atomic E-state index is -1.58. The normalized spacial score (nSPS) is 19.7. The number of rotatable bonds is 51. The molecule has 430 valence electrons. The van der Waals surface area contributed by atoms with Gasteiger partial charge in [0.1, 0.15) is 24.4 Å². The fourth-order valence-electron chi connectivity index (χ4n) is 9.04. The molecule has 0 aromatic rings. The van der Waals surface area contributed by atoms with Crippen LogP contribution in [0, 0.1) is 0 Å². The van der Waals surface area contributed by atoms with Crippen molar-refractivity contribution in [3.63, 3.8) is 0 Å². The molecule has 6 N–H and O–H groups in total. The van der Waals surface area contributed by atoms with E-state index in [1.165, 1.54) is 122 Å². The lowest BCUT2D eigenvalue weighted by molar-refractivity contribution is -0.302. The van der Waals surface area contributed by atoms with E-state index in [4.69, 9.17) is 9.47 Å². The van der Waals surface area contributed by atoms with Crippen molar-refractivity contribution >= 4 is 5.91 Å². The highest BCUT2D eigenvalue weighted by molar-refractivity contribution is 5.76. The fraction of sp³-hybridized carbons (Fsp3) is 0.712. The van der Waals surface area contributed by atoms with Crippen LogP contribution in [0.4, 0.5) is 0 Å². The van der Waals surface area contributed by atoms with Crippen molar-refractivity contribution in [2.75, 3.05) is 13.2 Å². The van der Waals surface area contributed by atoms with Gasteiger partial charge in [-0.15, -0.1) is 0 Å². The van der Waals surface area contributed by atoms with E-state index >= 15 is 0 Å². The molecule has 1 rings (SSSR count). The van der Waals surface area contributed by atoms with Crippen LogP contribution in [0.5, 0.6) is 0 Å². The van der Waals surface area contributed by atoms with Crippen LogP contribution in [0.15, 0.2) is 109 Å². The van der Waals surface area contributed by atoms with Crippen molar-refractivity contribution in [2.45, 2.75) is 288 Å². The molecule has 7 unspecified atom stereocenters. The summed E-state index contributed by atoms with van der Waals surface area (Å²) >= 11 is 0. The van der Waals surface area contributed by atoms with Crippen molar-refractivity contribution in [3.8, 4) is 0 Å². The second kappa shape index (κ2) is 54.2. The molecule has 1 aliphatic rings. The molecule has 1 heterocycles. The summed E-state index contributed by atoms with van der Waals surface area (Å²) in [7, 11) is 0. The van der Waals surface area contributed by atoms with E-state index in [1.807, 2.05) is 6.08 Å². The SMILES string of the molecule is CC/C=C\C/C=C\C/C=C\C/C=C\C/C=C\C/C=C\C/C=C\CCCCCCCC(=O)NC(COC1OC(CO)C(O)C(O)C1O)C(O)/C=C/CC/C=C/CCCCCCCCCCCCCCCCCCCCC. The molecule has 0 saturated carbocycles. The van der Waals surface area contributed by atoms with E-state index in [9.17, 15) is 30.3 Å². The number of aliphatic hydroxyl groups is 5. The van der Waals surface area contributed by atoms with Gasteiger partial charge >= 0.3 is 0 Å². The number of amides is 1. The van der Waals surface area contributed by atoms with Gasteiger partial charge in [0.25, 0.3) is 0 Å². The standard InChI is InChI=1S/C66H113NO8/c1-3-5-7-9-11-13-15-17-19-21-23-25-27-29-30-32-34-36-38-40-42-44-46-48-50-52-54-56-62(70)67-59(58-74-66-65(73)64(72)63(71)61(57-68)75-66)60(69)55-53-51-49-47-45-43-41-39-37-35-33-31-28-26-24-22-20-18-16-14-12-10-8-6-4-2/h5,7,11,13,17,19,23,25,29-30,34,36,40,42,45,47,53,55,59-61,63-66,68-69,71-73H,3-4,6,8-10,12,14-16,18,20-22,24,26-28,31-33,35,37-39,41,43-44,46,48-52,54,56-58H2,1-2H3,(H,67,70)/b7-5-,13-11-,19-17-,25-23-,30-29-,36-34-,42-40-,47-45+,55-53+. The molecular formula is C66H113NO8. The van der Waals surface area contributed by atoms with Gasteiger partial charge in [-0.05, 0) is 89.9 Å². The van der Waals surface area contributed by atoms with E-state index in [0.717, 1.165) is 103 Å². The first-order valence-corrected chi connectivity index (χ1v) is 30.6. The summed E-state index contributed by atoms with van der Waals surface area (Å²) in [5, 5.41) is 54.6. The molecule has 75 heavy (non-hydrogen) atoms. The summed E-state index contributed by atoms with van der Waals surface area (Å²) < 4.78 is 11.3. The Morgan fingerprint density at radius 2 is 0.840 bits per heavy atom. The Labute approximate surface area is 459 Å². The van der Waals surface area contributed by atoms with Gasteiger partial charge in [-0.3, -0.25) is 4.79 Å². The summed E-state index contributed by atoms with van der Waals surface area (Å²) in [6.45, 7) is 3.65. The lowest BCUT2D eigenvalue weighted by Gasteiger charge is -2.40. The number of allylic oxidation sites excluding steroid dienone is 17. The second-order valence-electron chi connectivity index (χ2n) is 20.8. The molecule has 1 aliphatic heterocycles. The van der Waals surface area contributed by atoms with E-state index in [-0.39, 0.29) is 12.5 Å².